The van der Waals surface area contributed by atoms with E-state index in [2.05, 4.69) is 0 Å². The maximum atomic E-state index is 13.1. The fourth-order valence-corrected chi connectivity index (χ4v) is 3.61. The number of benzene rings is 1. The lowest BCUT2D eigenvalue weighted by Crippen LogP contribution is -2.60. The van der Waals surface area contributed by atoms with Crippen molar-refractivity contribution in [3.8, 4) is 0 Å². The van der Waals surface area contributed by atoms with Gasteiger partial charge in [0.05, 0.1) is 6.10 Å². The molecule has 0 saturated carbocycles. The van der Waals surface area contributed by atoms with Crippen LogP contribution in [0, 0.1) is 5.92 Å². The van der Waals surface area contributed by atoms with Crippen molar-refractivity contribution in [2.75, 3.05) is 26.3 Å². The molecule has 1 aromatic rings. The van der Waals surface area contributed by atoms with Crippen LogP contribution in [0.2, 0.25) is 0 Å². The lowest BCUT2D eigenvalue weighted by molar-refractivity contribution is -0.168. The van der Waals surface area contributed by atoms with Crippen LogP contribution in [0.4, 0.5) is 0 Å². The highest BCUT2D eigenvalue weighted by Crippen LogP contribution is 2.23. The average molecular weight is 346 g/mol. The number of nitrogens with zero attached hydrogens (tertiary/aromatic N) is 2. The molecule has 2 aliphatic rings. The largest absolute Gasteiger partial charge is 0.396 e. The zero-order valence-corrected chi connectivity index (χ0v) is 14.6. The third-order valence-electron chi connectivity index (χ3n) is 5.20. The molecule has 2 amide bonds. The lowest BCUT2D eigenvalue weighted by atomic mass is 9.96. The molecule has 6 heteroatoms. The van der Waals surface area contributed by atoms with Crippen molar-refractivity contribution in [1.82, 2.24) is 9.80 Å². The Labute approximate surface area is 148 Å². The Bertz CT molecular complexity index is 599. The third kappa shape index (κ3) is 4.02. The van der Waals surface area contributed by atoms with Gasteiger partial charge < -0.3 is 19.6 Å². The molecule has 136 valence electrons. The monoisotopic (exact) mass is 346 g/mol. The molecular weight excluding hydrogens is 320 g/mol. The highest BCUT2D eigenvalue weighted by atomic mass is 16.5. The van der Waals surface area contributed by atoms with E-state index in [1.165, 1.54) is 0 Å². The summed E-state index contributed by atoms with van der Waals surface area (Å²) in [6.45, 7) is 3.71. The van der Waals surface area contributed by atoms with Crippen molar-refractivity contribution < 1.29 is 19.4 Å². The molecule has 1 N–H and O–H groups in total. The summed E-state index contributed by atoms with van der Waals surface area (Å²) in [5.74, 6) is 0.0737. The van der Waals surface area contributed by atoms with Crippen LogP contribution >= 0.6 is 0 Å². The zero-order chi connectivity index (χ0) is 17.8. The van der Waals surface area contributed by atoms with Crippen LogP contribution in [0.1, 0.15) is 25.3 Å². The normalized spacial score (nSPS) is 25.3. The van der Waals surface area contributed by atoms with Crippen LogP contribution < -0.4 is 0 Å². The Balaban J connectivity index is 1.75. The number of amides is 2. The first kappa shape index (κ1) is 17.9. The summed E-state index contributed by atoms with van der Waals surface area (Å²) >= 11 is 0. The van der Waals surface area contributed by atoms with E-state index in [1.807, 2.05) is 42.2 Å². The molecule has 2 fully saturated rings. The second-order valence-corrected chi connectivity index (χ2v) is 6.92. The minimum absolute atomic E-state index is 0.0182. The number of likely N-dealkylation sites (tertiary alicyclic amines) is 1. The van der Waals surface area contributed by atoms with Crippen LogP contribution in [0.3, 0.4) is 0 Å². The van der Waals surface area contributed by atoms with Crippen molar-refractivity contribution in [2.45, 2.75) is 38.5 Å². The van der Waals surface area contributed by atoms with E-state index in [1.54, 1.807) is 4.90 Å². The van der Waals surface area contributed by atoms with Gasteiger partial charge in [0.2, 0.25) is 11.8 Å². The van der Waals surface area contributed by atoms with Gasteiger partial charge in [-0.2, -0.15) is 0 Å². The van der Waals surface area contributed by atoms with E-state index in [0.29, 0.717) is 19.6 Å². The summed E-state index contributed by atoms with van der Waals surface area (Å²) in [5, 5.41) is 9.27. The number of rotatable bonds is 4. The summed E-state index contributed by atoms with van der Waals surface area (Å²) in [4.78, 5) is 29.0. The van der Waals surface area contributed by atoms with Crippen LogP contribution in [0.5, 0.6) is 0 Å². The summed E-state index contributed by atoms with van der Waals surface area (Å²) in [7, 11) is 0. The first-order valence-corrected chi connectivity index (χ1v) is 8.94. The topological polar surface area (TPSA) is 70.1 Å². The highest BCUT2D eigenvalue weighted by Gasteiger charge is 2.41. The smallest absolute Gasteiger partial charge is 0.249 e. The molecule has 2 aliphatic heterocycles. The van der Waals surface area contributed by atoms with E-state index in [4.69, 9.17) is 4.74 Å². The fraction of sp³-hybridized carbons (Fsp3) is 0.579. The van der Waals surface area contributed by atoms with Gasteiger partial charge in [-0.1, -0.05) is 30.3 Å². The Hall–Kier alpha value is -1.92. The molecule has 0 radical (unpaired) electrons. The van der Waals surface area contributed by atoms with E-state index in [-0.39, 0.29) is 37.0 Å². The summed E-state index contributed by atoms with van der Waals surface area (Å²) in [6.07, 6.45) is 1.28. The zero-order valence-electron chi connectivity index (χ0n) is 14.6. The van der Waals surface area contributed by atoms with Gasteiger partial charge in [0.15, 0.2) is 0 Å². The van der Waals surface area contributed by atoms with Crippen LogP contribution in [0.15, 0.2) is 30.3 Å². The van der Waals surface area contributed by atoms with Crippen LogP contribution in [-0.4, -0.2) is 65.2 Å². The molecule has 0 aromatic heterocycles. The van der Waals surface area contributed by atoms with Gasteiger partial charge in [-0.3, -0.25) is 9.59 Å². The van der Waals surface area contributed by atoms with E-state index in [0.717, 1.165) is 18.4 Å². The third-order valence-corrected chi connectivity index (χ3v) is 5.20. The molecule has 25 heavy (non-hydrogen) atoms. The highest BCUT2D eigenvalue weighted by molar-refractivity contribution is 5.89. The number of piperidine rings is 1. The number of ether oxygens (including phenoxy) is 1. The standard InChI is InChI=1S/C19H26N2O4/c1-14-18(19(24)20-9-7-16(12-22)8-10-20)21(17(23)13-25-14)11-15-5-3-2-4-6-15/h2-6,14,16,18,22H,7-13H2,1H3/t14-,18+/m1/s1. The van der Waals surface area contributed by atoms with Crippen LogP contribution in [-0.2, 0) is 20.9 Å². The first-order valence-electron chi connectivity index (χ1n) is 8.94. The Morgan fingerprint density at radius 2 is 1.92 bits per heavy atom. The number of aliphatic hydroxyl groups is 1. The van der Waals surface area contributed by atoms with E-state index in [9.17, 15) is 14.7 Å². The number of morpholine rings is 1. The summed E-state index contributed by atoms with van der Waals surface area (Å²) < 4.78 is 5.55. The quantitative estimate of drug-likeness (QED) is 0.884. The van der Waals surface area contributed by atoms with Gasteiger partial charge in [0, 0.05) is 26.2 Å². The SMILES string of the molecule is C[C@H]1OCC(=O)N(Cc2ccccc2)[C@@H]1C(=O)N1CCC(CO)CC1. The Morgan fingerprint density at radius 3 is 2.56 bits per heavy atom. The van der Waals surface area contributed by atoms with Gasteiger partial charge in [-0.05, 0) is 31.2 Å². The van der Waals surface area contributed by atoms with Crippen molar-refractivity contribution in [1.29, 1.82) is 0 Å². The molecule has 2 atom stereocenters. The Kier molecular flexibility index (Phi) is 5.71. The minimum Gasteiger partial charge on any atom is -0.396 e. The average Bonchev–Trinajstić information content (AvgIpc) is 2.65. The molecule has 6 nitrogen and oxygen atoms in total. The minimum atomic E-state index is -0.591. The van der Waals surface area contributed by atoms with Gasteiger partial charge in [-0.25, -0.2) is 0 Å². The molecule has 0 aliphatic carbocycles. The Morgan fingerprint density at radius 1 is 1.24 bits per heavy atom. The molecule has 0 bridgehead atoms. The maximum Gasteiger partial charge on any atom is 0.249 e. The van der Waals surface area contributed by atoms with Gasteiger partial charge in [0.25, 0.3) is 0 Å². The number of aliphatic hydroxyl groups excluding tert-OH is 1. The second kappa shape index (κ2) is 7.97. The van der Waals surface area contributed by atoms with Gasteiger partial charge >= 0.3 is 0 Å². The molecule has 0 unspecified atom stereocenters. The molecule has 2 heterocycles. The van der Waals surface area contributed by atoms with Gasteiger partial charge in [0.1, 0.15) is 12.6 Å². The number of hydrogen-bond donors (Lipinski definition) is 1. The first-order chi connectivity index (χ1) is 12.1. The van der Waals surface area contributed by atoms with E-state index >= 15 is 0 Å². The van der Waals surface area contributed by atoms with Crippen LogP contribution in [0.25, 0.3) is 0 Å². The molecule has 2 saturated heterocycles. The second-order valence-electron chi connectivity index (χ2n) is 6.92. The molecular formula is C19H26N2O4. The summed E-state index contributed by atoms with van der Waals surface area (Å²) in [5.41, 5.74) is 1.00. The summed E-state index contributed by atoms with van der Waals surface area (Å²) in [6, 6.07) is 9.12. The number of carbonyl (C=O) groups is 2. The maximum absolute atomic E-state index is 13.1. The molecule has 1 aromatic carbocycles. The van der Waals surface area contributed by atoms with Crippen molar-refractivity contribution in [2.24, 2.45) is 5.92 Å². The van der Waals surface area contributed by atoms with Crippen molar-refractivity contribution in [3.05, 3.63) is 35.9 Å². The van der Waals surface area contributed by atoms with Crippen molar-refractivity contribution in [3.63, 3.8) is 0 Å². The molecule has 0 spiro atoms. The van der Waals surface area contributed by atoms with Gasteiger partial charge in [-0.15, -0.1) is 0 Å². The van der Waals surface area contributed by atoms with E-state index < -0.39 is 6.04 Å². The van der Waals surface area contributed by atoms with Crippen molar-refractivity contribution >= 4 is 11.8 Å². The predicted octanol–water partition coefficient (Wildman–Crippen LogP) is 1.03. The lowest BCUT2D eigenvalue weighted by Gasteiger charge is -2.42. The fourth-order valence-electron chi connectivity index (χ4n) is 3.61. The predicted molar refractivity (Wildman–Crippen MR) is 92.6 cm³/mol. The number of carbonyl (C=O) groups excluding carboxylic acids is 2. The number of hydrogen-bond acceptors (Lipinski definition) is 4. The molecule has 3 rings (SSSR count).